The van der Waals surface area contributed by atoms with Crippen LogP contribution < -0.4 is 29.6 Å². The molecule has 0 N–H and O–H groups in total. The molecule has 0 radical (unpaired) electrons. The fraction of sp³-hybridized carbons (Fsp3) is 0.111. The van der Waals surface area contributed by atoms with Crippen molar-refractivity contribution in [2.45, 2.75) is 0 Å². The van der Waals surface area contributed by atoms with Gasteiger partial charge in [-0.1, -0.05) is 42.5 Å². The Labute approximate surface area is 111 Å². The molecular formula is C9H9NaO4S. The average molecular weight is 236 g/mol. The van der Waals surface area contributed by atoms with Crippen LogP contribution in [0.2, 0.25) is 0 Å². The molecule has 0 atom stereocenters. The van der Waals surface area contributed by atoms with Crippen LogP contribution in [0.3, 0.4) is 0 Å². The summed E-state index contributed by atoms with van der Waals surface area (Å²) in [5, 5.41) is 0. The first kappa shape index (κ1) is 14.8. The predicted octanol–water partition coefficient (Wildman–Crippen LogP) is -1.82. The van der Waals surface area contributed by atoms with Crippen molar-refractivity contribution in [3.8, 4) is 0 Å². The quantitative estimate of drug-likeness (QED) is 0.351. The van der Waals surface area contributed by atoms with Crippen LogP contribution in [0.4, 0.5) is 0 Å². The van der Waals surface area contributed by atoms with Crippen molar-refractivity contribution in [3.63, 3.8) is 0 Å². The molecule has 0 spiro atoms. The van der Waals surface area contributed by atoms with Crippen LogP contribution in [0.25, 0.3) is 6.08 Å². The van der Waals surface area contributed by atoms with Gasteiger partial charge >= 0.3 is 29.6 Å². The summed E-state index contributed by atoms with van der Waals surface area (Å²) >= 11 is 0. The van der Waals surface area contributed by atoms with E-state index in [1.54, 1.807) is 6.08 Å². The van der Waals surface area contributed by atoms with Gasteiger partial charge in [0.05, 0.1) is 6.61 Å². The van der Waals surface area contributed by atoms with Gasteiger partial charge in [-0.3, -0.25) is 4.18 Å². The van der Waals surface area contributed by atoms with Crippen molar-refractivity contribution < 1.29 is 46.7 Å². The summed E-state index contributed by atoms with van der Waals surface area (Å²) < 4.78 is 34.1. The second-order valence-corrected chi connectivity index (χ2v) is 3.56. The number of rotatable bonds is 4. The molecule has 0 aliphatic heterocycles. The van der Waals surface area contributed by atoms with E-state index in [1.807, 2.05) is 30.3 Å². The maximum absolute atomic E-state index is 10.0. The van der Waals surface area contributed by atoms with E-state index >= 15 is 0 Å². The number of hydrogen-bond donors (Lipinski definition) is 0. The summed E-state index contributed by atoms with van der Waals surface area (Å²) in [6.45, 7) is -0.235. The molecule has 1 aromatic rings. The van der Waals surface area contributed by atoms with Gasteiger partial charge in [0, 0.05) is 0 Å². The van der Waals surface area contributed by atoms with Gasteiger partial charge in [0.2, 0.25) is 10.4 Å². The number of benzene rings is 1. The zero-order valence-corrected chi connectivity index (χ0v) is 11.1. The molecule has 4 nitrogen and oxygen atoms in total. The summed E-state index contributed by atoms with van der Waals surface area (Å²) in [5.74, 6) is 0. The van der Waals surface area contributed by atoms with E-state index < -0.39 is 10.4 Å². The second-order valence-electron chi connectivity index (χ2n) is 2.51. The van der Waals surface area contributed by atoms with E-state index in [0.717, 1.165) is 5.56 Å². The molecule has 0 amide bonds. The first-order valence-corrected chi connectivity index (χ1v) is 5.23. The van der Waals surface area contributed by atoms with Crippen LogP contribution >= 0.6 is 0 Å². The Balaban J connectivity index is 0.00000196. The van der Waals surface area contributed by atoms with Gasteiger partial charge in [0.25, 0.3) is 0 Å². The second kappa shape index (κ2) is 7.16. The Morgan fingerprint density at radius 1 is 1.27 bits per heavy atom. The van der Waals surface area contributed by atoms with Crippen molar-refractivity contribution in [3.05, 3.63) is 42.0 Å². The van der Waals surface area contributed by atoms with Gasteiger partial charge in [-0.2, -0.15) is 0 Å². The number of hydrogen-bond acceptors (Lipinski definition) is 4. The minimum Gasteiger partial charge on any atom is -0.726 e. The van der Waals surface area contributed by atoms with Crippen molar-refractivity contribution >= 4 is 16.5 Å². The Morgan fingerprint density at radius 3 is 2.40 bits per heavy atom. The summed E-state index contributed by atoms with van der Waals surface area (Å²) in [4.78, 5) is 0. The molecule has 1 aromatic carbocycles. The van der Waals surface area contributed by atoms with Gasteiger partial charge in [0.1, 0.15) is 0 Å². The Bertz CT molecular complexity index is 399. The summed E-state index contributed by atoms with van der Waals surface area (Å²) in [6, 6.07) is 9.27. The molecule has 0 saturated carbocycles. The van der Waals surface area contributed by atoms with E-state index in [0.29, 0.717) is 0 Å². The fourth-order valence-electron chi connectivity index (χ4n) is 0.871. The molecule has 0 bridgehead atoms. The summed E-state index contributed by atoms with van der Waals surface area (Å²) in [5.41, 5.74) is 0.916. The van der Waals surface area contributed by atoms with Crippen LogP contribution in [0, 0.1) is 0 Å². The minimum absolute atomic E-state index is 0. The van der Waals surface area contributed by atoms with Gasteiger partial charge < -0.3 is 4.55 Å². The fourth-order valence-corrected chi connectivity index (χ4v) is 1.12. The molecule has 6 heteroatoms. The predicted molar refractivity (Wildman–Crippen MR) is 51.1 cm³/mol. The van der Waals surface area contributed by atoms with Crippen molar-refractivity contribution in [1.82, 2.24) is 0 Å². The van der Waals surface area contributed by atoms with Crippen molar-refractivity contribution in [2.24, 2.45) is 0 Å². The first-order chi connectivity index (χ1) is 6.58. The van der Waals surface area contributed by atoms with Crippen LogP contribution in [-0.4, -0.2) is 19.6 Å². The standard InChI is InChI=1S/C9H10O4S.Na/c10-14(11,12)13-8-4-7-9-5-2-1-3-6-9;/h1-7H,8H2,(H,10,11,12);/q;+1/p-1/b7-4+;. The minimum atomic E-state index is -4.58. The Hall–Kier alpha value is -0.170. The van der Waals surface area contributed by atoms with E-state index in [9.17, 15) is 13.0 Å². The average Bonchev–Trinajstić information content (AvgIpc) is 2.13. The third kappa shape index (κ3) is 7.72. The van der Waals surface area contributed by atoms with Gasteiger partial charge in [-0.25, -0.2) is 8.42 Å². The van der Waals surface area contributed by atoms with Crippen LogP contribution in [0.1, 0.15) is 5.56 Å². The normalized spacial score (nSPS) is 11.3. The third-order valence-corrected chi connectivity index (χ3v) is 1.84. The van der Waals surface area contributed by atoms with E-state index in [4.69, 9.17) is 0 Å². The molecular weight excluding hydrogens is 227 g/mol. The van der Waals surface area contributed by atoms with E-state index in [2.05, 4.69) is 4.18 Å². The maximum atomic E-state index is 10.0. The largest absolute Gasteiger partial charge is 1.00 e. The first-order valence-electron chi connectivity index (χ1n) is 3.90. The van der Waals surface area contributed by atoms with Gasteiger partial charge in [-0.05, 0) is 5.56 Å². The molecule has 0 saturated heterocycles. The molecule has 1 rings (SSSR count). The molecule has 0 unspecified atom stereocenters. The monoisotopic (exact) mass is 236 g/mol. The molecule has 15 heavy (non-hydrogen) atoms. The summed E-state index contributed by atoms with van der Waals surface area (Å²) in [7, 11) is -4.58. The summed E-state index contributed by atoms with van der Waals surface area (Å²) in [6.07, 6.45) is 3.13. The molecule has 0 aromatic heterocycles. The Kier molecular flexibility index (Phi) is 7.08. The SMILES string of the molecule is O=S(=O)([O-])OC/C=C/c1ccccc1.[Na+]. The van der Waals surface area contributed by atoms with Crippen molar-refractivity contribution in [1.29, 1.82) is 0 Å². The third-order valence-electron chi connectivity index (χ3n) is 1.42. The maximum Gasteiger partial charge on any atom is 1.00 e. The van der Waals surface area contributed by atoms with Crippen molar-refractivity contribution in [2.75, 3.05) is 6.61 Å². The Morgan fingerprint density at radius 2 is 1.87 bits per heavy atom. The molecule has 76 valence electrons. The molecule has 0 aliphatic carbocycles. The topological polar surface area (TPSA) is 66.4 Å². The van der Waals surface area contributed by atoms with Crippen LogP contribution in [0.15, 0.2) is 36.4 Å². The van der Waals surface area contributed by atoms with Gasteiger partial charge in [0.15, 0.2) is 0 Å². The van der Waals surface area contributed by atoms with E-state index in [1.165, 1.54) is 6.08 Å². The smallest absolute Gasteiger partial charge is 0.726 e. The van der Waals surface area contributed by atoms with E-state index in [-0.39, 0.29) is 36.2 Å². The van der Waals surface area contributed by atoms with Crippen LogP contribution in [0.5, 0.6) is 0 Å². The molecule has 0 heterocycles. The van der Waals surface area contributed by atoms with Crippen LogP contribution in [-0.2, 0) is 14.6 Å². The van der Waals surface area contributed by atoms with Gasteiger partial charge in [-0.15, -0.1) is 0 Å². The molecule has 0 aliphatic rings. The zero-order valence-electron chi connectivity index (χ0n) is 8.29. The zero-order chi connectivity index (χ0) is 10.4. The molecule has 0 fully saturated rings.